The molecule has 3 nitrogen and oxygen atoms in total. The van der Waals surface area contributed by atoms with Gasteiger partial charge in [0.05, 0.1) is 6.04 Å². The molecule has 1 aliphatic rings. The summed E-state index contributed by atoms with van der Waals surface area (Å²) in [4.78, 5) is 12.0. The highest BCUT2D eigenvalue weighted by atomic mass is 79.9. The first-order valence-corrected chi connectivity index (χ1v) is 8.20. The van der Waals surface area contributed by atoms with Crippen molar-refractivity contribution >= 4 is 21.8 Å². The molecular weight excluding hydrogens is 316 g/mol. The molecule has 110 valence electrons. The highest BCUT2D eigenvalue weighted by Crippen LogP contribution is 2.23. The molecular formula is C16H23BrN2O. The van der Waals surface area contributed by atoms with Crippen LogP contribution in [0.2, 0.25) is 0 Å². The summed E-state index contributed by atoms with van der Waals surface area (Å²) in [6.45, 7) is 4.22. The Balaban J connectivity index is 1.77. The average Bonchev–Trinajstić information content (AvgIpc) is 2.46. The van der Waals surface area contributed by atoms with Crippen LogP contribution < -0.4 is 10.6 Å². The van der Waals surface area contributed by atoms with Crippen molar-refractivity contribution in [3.05, 3.63) is 34.3 Å². The first-order chi connectivity index (χ1) is 9.66. The maximum atomic E-state index is 12.0. The van der Waals surface area contributed by atoms with Gasteiger partial charge < -0.3 is 10.6 Å². The van der Waals surface area contributed by atoms with E-state index in [-0.39, 0.29) is 11.9 Å². The molecule has 0 bridgehead atoms. The first kappa shape index (κ1) is 15.5. The fourth-order valence-electron chi connectivity index (χ4n) is 2.72. The summed E-state index contributed by atoms with van der Waals surface area (Å²) in [6.07, 6.45) is 4.10. The zero-order valence-electron chi connectivity index (χ0n) is 12.0. The molecule has 1 fully saturated rings. The Bertz CT molecular complexity index is 444. The second-order valence-electron chi connectivity index (χ2n) is 5.56. The quantitative estimate of drug-likeness (QED) is 0.863. The third-order valence-electron chi connectivity index (χ3n) is 3.93. The first-order valence-electron chi connectivity index (χ1n) is 7.41. The number of hydrogen-bond acceptors (Lipinski definition) is 2. The van der Waals surface area contributed by atoms with Gasteiger partial charge >= 0.3 is 0 Å². The summed E-state index contributed by atoms with van der Waals surface area (Å²) in [5.41, 5.74) is 1.13. The van der Waals surface area contributed by atoms with Crippen molar-refractivity contribution < 1.29 is 4.79 Å². The second kappa shape index (κ2) is 7.79. The van der Waals surface area contributed by atoms with Crippen molar-refractivity contribution in [3.63, 3.8) is 0 Å². The van der Waals surface area contributed by atoms with Gasteiger partial charge in [-0.1, -0.05) is 34.1 Å². The van der Waals surface area contributed by atoms with E-state index in [0.717, 1.165) is 29.5 Å². The minimum Gasteiger partial charge on any atom is -0.350 e. The molecule has 0 aromatic heterocycles. The number of carbonyl (C=O) groups is 1. The maximum absolute atomic E-state index is 12.0. The maximum Gasteiger partial charge on any atom is 0.220 e. The fourth-order valence-corrected chi connectivity index (χ4v) is 3.35. The lowest BCUT2D eigenvalue weighted by Gasteiger charge is -2.23. The Morgan fingerprint density at radius 3 is 3.00 bits per heavy atom. The topological polar surface area (TPSA) is 41.1 Å². The third kappa shape index (κ3) is 4.60. The number of hydrogen-bond donors (Lipinski definition) is 2. The smallest absolute Gasteiger partial charge is 0.220 e. The van der Waals surface area contributed by atoms with Gasteiger partial charge in [0, 0.05) is 10.9 Å². The Kier molecular flexibility index (Phi) is 6.05. The van der Waals surface area contributed by atoms with Crippen molar-refractivity contribution in [2.45, 2.75) is 38.6 Å². The fraction of sp³-hybridized carbons (Fsp3) is 0.562. The van der Waals surface area contributed by atoms with Gasteiger partial charge in [-0.05, 0) is 56.8 Å². The molecule has 0 spiro atoms. The summed E-state index contributed by atoms with van der Waals surface area (Å²) in [5, 5.41) is 6.48. The van der Waals surface area contributed by atoms with Gasteiger partial charge in [0.25, 0.3) is 0 Å². The van der Waals surface area contributed by atoms with Crippen LogP contribution in [-0.4, -0.2) is 19.0 Å². The van der Waals surface area contributed by atoms with Crippen LogP contribution in [0.5, 0.6) is 0 Å². The molecule has 4 heteroatoms. The Morgan fingerprint density at radius 2 is 2.30 bits per heavy atom. The summed E-state index contributed by atoms with van der Waals surface area (Å²) < 4.78 is 1.05. The molecule has 1 amide bonds. The normalized spacial score (nSPS) is 20.4. The zero-order chi connectivity index (χ0) is 14.4. The van der Waals surface area contributed by atoms with Gasteiger partial charge in [-0.3, -0.25) is 4.79 Å². The monoisotopic (exact) mass is 338 g/mol. The molecule has 0 radical (unpaired) electrons. The van der Waals surface area contributed by atoms with E-state index < -0.39 is 0 Å². The van der Waals surface area contributed by atoms with Crippen LogP contribution in [0.4, 0.5) is 0 Å². The van der Waals surface area contributed by atoms with Crippen LogP contribution in [0.1, 0.15) is 44.2 Å². The number of piperidine rings is 1. The Labute approximate surface area is 129 Å². The van der Waals surface area contributed by atoms with Crippen molar-refractivity contribution in [3.8, 4) is 0 Å². The van der Waals surface area contributed by atoms with Crippen LogP contribution >= 0.6 is 15.9 Å². The highest BCUT2D eigenvalue weighted by Gasteiger charge is 2.16. The van der Waals surface area contributed by atoms with Crippen LogP contribution in [-0.2, 0) is 4.79 Å². The number of halogens is 1. The summed E-state index contributed by atoms with van der Waals surface area (Å²) in [7, 11) is 0. The third-order valence-corrected chi connectivity index (χ3v) is 4.65. The molecule has 1 aliphatic heterocycles. The minimum absolute atomic E-state index is 0.0440. The van der Waals surface area contributed by atoms with E-state index in [0.29, 0.717) is 12.3 Å². The van der Waals surface area contributed by atoms with Crippen molar-refractivity contribution in [2.24, 2.45) is 5.92 Å². The summed E-state index contributed by atoms with van der Waals surface area (Å²) >= 11 is 3.53. The number of nitrogens with one attached hydrogen (secondary N) is 2. The predicted octanol–water partition coefficient (Wildman–Crippen LogP) is 3.41. The summed E-state index contributed by atoms with van der Waals surface area (Å²) in [6, 6.07) is 8.07. The van der Waals surface area contributed by atoms with Crippen molar-refractivity contribution in [1.82, 2.24) is 10.6 Å². The van der Waals surface area contributed by atoms with Gasteiger partial charge in [-0.25, -0.2) is 0 Å². The molecule has 1 aromatic carbocycles. The molecule has 20 heavy (non-hydrogen) atoms. The van der Waals surface area contributed by atoms with Crippen LogP contribution in [0, 0.1) is 5.92 Å². The van der Waals surface area contributed by atoms with Crippen LogP contribution in [0.3, 0.4) is 0 Å². The average molecular weight is 339 g/mol. The Morgan fingerprint density at radius 1 is 1.50 bits per heavy atom. The van der Waals surface area contributed by atoms with Crippen LogP contribution in [0.25, 0.3) is 0 Å². The molecule has 0 aliphatic carbocycles. The SMILES string of the molecule is C[C@H](NC(=O)CCC1CCCNC1)c1ccccc1Br. The lowest BCUT2D eigenvalue weighted by Crippen LogP contribution is -2.32. The van der Waals surface area contributed by atoms with E-state index in [1.54, 1.807) is 0 Å². The molecule has 1 unspecified atom stereocenters. The predicted molar refractivity (Wildman–Crippen MR) is 85.5 cm³/mol. The van der Waals surface area contributed by atoms with E-state index in [1.165, 1.54) is 12.8 Å². The summed E-state index contributed by atoms with van der Waals surface area (Å²) in [5.74, 6) is 0.812. The van der Waals surface area contributed by atoms with E-state index in [9.17, 15) is 4.79 Å². The van der Waals surface area contributed by atoms with E-state index in [2.05, 4.69) is 26.6 Å². The number of benzene rings is 1. The molecule has 1 heterocycles. The standard InChI is InChI=1S/C16H23BrN2O/c1-12(14-6-2-3-7-15(14)17)19-16(20)9-8-13-5-4-10-18-11-13/h2-3,6-7,12-13,18H,4-5,8-11H2,1H3,(H,19,20)/t12-,13?/m0/s1. The van der Waals surface area contributed by atoms with Gasteiger partial charge in [-0.2, -0.15) is 0 Å². The molecule has 0 saturated carbocycles. The van der Waals surface area contributed by atoms with E-state index in [1.807, 2.05) is 31.2 Å². The highest BCUT2D eigenvalue weighted by molar-refractivity contribution is 9.10. The van der Waals surface area contributed by atoms with Crippen molar-refractivity contribution in [1.29, 1.82) is 0 Å². The van der Waals surface area contributed by atoms with Crippen LogP contribution in [0.15, 0.2) is 28.7 Å². The molecule has 1 aromatic rings. The van der Waals surface area contributed by atoms with E-state index in [4.69, 9.17) is 0 Å². The minimum atomic E-state index is 0.0440. The van der Waals surface area contributed by atoms with Gasteiger partial charge in [0.2, 0.25) is 5.91 Å². The molecule has 1 saturated heterocycles. The molecule has 2 atom stereocenters. The van der Waals surface area contributed by atoms with Crippen molar-refractivity contribution in [2.75, 3.05) is 13.1 Å². The number of rotatable bonds is 5. The number of carbonyl (C=O) groups excluding carboxylic acids is 1. The second-order valence-corrected chi connectivity index (χ2v) is 6.42. The Hall–Kier alpha value is -0.870. The lowest BCUT2D eigenvalue weighted by atomic mass is 9.94. The zero-order valence-corrected chi connectivity index (χ0v) is 13.6. The lowest BCUT2D eigenvalue weighted by molar-refractivity contribution is -0.122. The van der Waals surface area contributed by atoms with E-state index >= 15 is 0 Å². The van der Waals surface area contributed by atoms with Gasteiger partial charge in [0.1, 0.15) is 0 Å². The largest absolute Gasteiger partial charge is 0.350 e. The van der Waals surface area contributed by atoms with Gasteiger partial charge in [-0.15, -0.1) is 0 Å². The number of amides is 1. The van der Waals surface area contributed by atoms with Gasteiger partial charge in [0.15, 0.2) is 0 Å². The molecule has 2 rings (SSSR count). The molecule has 2 N–H and O–H groups in total.